The van der Waals surface area contributed by atoms with Gasteiger partial charge in [-0.05, 0) is 42.5 Å². The zero-order chi connectivity index (χ0) is 14.2. The third-order valence-corrected chi connectivity index (χ3v) is 3.47. The predicted molar refractivity (Wildman–Crippen MR) is 80.2 cm³/mol. The van der Waals surface area contributed by atoms with Crippen molar-refractivity contribution in [3.63, 3.8) is 0 Å². The van der Waals surface area contributed by atoms with E-state index in [1.54, 1.807) is 18.3 Å². The van der Waals surface area contributed by atoms with Gasteiger partial charge in [0.1, 0.15) is 5.75 Å². The van der Waals surface area contributed by atoms with Gasteiger partial charge in [0.25, 0.3) is 0 Å². The van der Waals surface area contributed by atoms with E-state index in [2.05, 4.69) is 9.97 Å². The van der Waals surface area contributed by atoms with Crippen LogP contribution >= 0.6 is 0 Å². The summed E-state index contributed by atoms with van der Waals surface area (Å²) in [7, 11) is 0. The molecule has 2 aromatic heterocycles. The zero-order valence-electron chi connectivity index (χ0n) is 11.0. The SMILES string of the molecule is [O]c1cccc2c(Oc3ccc4[nH]ccc4c3)nccc12. The van der Waals surface area contributed by atoms with Crippen LogP contribution < -0.4 is 4.74 Å². The van der Waals surface area contributed by atoms with Crippen molar-refractivity contribution in [3.05, 3.63) is 60.9 Å². The van der Waals surface area contributed by atoms with Gasteiger partial charge < -0.3 is 9.72 Å². The fraction of sp³-hybridized carbons (Fsp3) is 0. The molecule has 1 N–H and O–H groups in total. The number of aromatic amines is 1. The average Bonchev–Trinajstić information content (AvgIpc) is 2.96. The molecule has 2 heterocycles. The minimum Gasteiger partial charge on any atom is -0.438 e. The predicted octanol–water partition coefficient (Wildman–Crippen LogP) is 4.65. The summed E-state index contributed by atoms with van der Waals surface area (Å²) in [4.78, 5) is 7.38. The lowest BCUT2D eigenvalue weighted by Gasteiger charge is -2.08. The Hall–Kier alpha value is -3.01. The second kappa shape index (κ2) is 4.52. The molecule has 4 nitrogen and oxygen atoms in total. The number of fused-ring (bicyclic) bond motifs is 2. The van der Waals surface area contributed by atoms with E-state index in [9.17, 15) is 5.11 Å². The number of hydrogen-bond donors (Lipinski definition) is 1. The van der Waals surface area contributed by atoms with Crippen molar-refractivity contribution < 1.29 is 9.84 Å². The Balaban J connectivity index is 1.81. The first-order valence-corrected chi connectivity index (χ1v) is 6.61. The largest absolute Gasteiger partial charge is 0.438 e. The standard InChI is InChI=1S/C17H11N2O2/c20-16-3-1-2-14-13(16)7-9-19-17(14)21-12-4-5-15-11(10-12)6-8-18-15/h1-10,18H. The number of rotatable bonds is 2. The maximum atomic E-state index is 11.8. The van der Waals surface area contributed by atoms with E-state index >= 15 is 0 Å². The fourth-order valence-corrected chi connectivity index (χ4v) is 2.44. The molecule has 0 saturated carbocycles. The van der Waals surface area contributed by atoms with E-state index < -0.39 is 0 Å². The summed E-state index contributed by atoms with van der Waals surface area (Å²) in [5, 5.41) is 14.2. The van der Waals surface area contributed by atoms with Crippen LogP contribution in [0.5, 0.6) is 17.4 Å². The second-order valence-corrected chi connectivity index (χ2v) is 4.80. The van der Waals surface area contributed by atoms with Gasteiger partial charge in [-0.15, -0.1) is 0 Å². The molecule has 1 radical (unpaired) electrons. The Morgan fingerprint density at radius 3 is 2.90 bits per heavy atom. The minimum absolute atomic E-state index is 0.0270. The summed E-state index contributed by atoms with van der Waals surface area (Å²) < 4.78 is 5.86. The number of ether oxygens (including phenoxy) is 1. The maximum Gasteiger partial charge on any atom is 0.227 e. The Bertz CT molecular complexity index is 944. The number of pyridine rings is 1. The summed E-state index contributed by atoms with van der Waals surface area (Å²) >= 11 is 0. The Labute approximate surface area is 120 Å². The first-order chi connectivity index (χ1) is 10.3. The lowest BCUT2D eigenvalue weighted by molar-refractivity contribution is 0.360. The molecular formula is C17H11N2O2. The maximum absolute atomic E-state index is 11.8. The van der Waals surface area contributed by atoms with Crippen molar-refractivity contribution in [2.75, 3.05) is 0 Å². The van der Waals surface area contributed by atoms with Crippen molar-refractivity contribution in [3.8, 4) is 17.4 Å². The molecule has 0 unspecified atom stereocenters. The molecule has 0 fully saturated rings. The quantitative estimate of drug-likeness (QED) is 0.578. The first-order valence-electron chi connectivity index (χ1n) is 6.61. The molecule has 21 heavy (non-hydrogen) atoms. The van der Waals surface area contributed by atoms with Crippen LogP contribution in [0.15, 0.2) is 60.9 Å². The number of nitrogens with zero attached hydrogens (tertiary/aromatic N) is 1. The van der Waals surface area contributed by atoms with Crippen LogP contribution in [0.1, 0.15) is 0 Å². The second-order valence-electron chi connectivity index (χ2n) is 4.80. The van der Waals surface area contributed by atoms with E-state index in [0.717, 1.165) is 16.3 Å². The molecule has 4 rings (SSSR count). The van der Waals surface area contributed by atoms with Gasteiger partial charge in [0.15, 0.2) is 5.75 Å². The topological polar surface area (TPSA) is 57.8 Å². The highest BCUT2D eigenvalue weighted by atomic mass is 16.5. The van der Waals surface area contributed by atoms with Gasteiger partial charge >= 0.3 is 0 Å². The monoisotopic (exact) mass is 275 g/mol. The summed E-state index contributed by atoms with van der Waals surface area (Å²) in [5.41, 5.74) is 1.05. The Morgan fingerprint density at radius 1 is 1.00 bits per heavy atom. The van der Waals surface area contributed by atoms with Crippen LogP contribution in [0.3, 0.4) is 0 Å². The van der Waals surface area contributed by atoms with Gasteiger partial charge in [0, 0.05) is 34.1 Å². The lowest BCUT2D eigenvalue weighted by atomic mass is 10.1. The molecule has 0 aliphatic heterocycles. The molecule has 0 spiro atoms. The van der Waals surface area contributed by atoms with Crippen molar-refractivity contribution in [2.24, 2.45) is 0 Å². The van der Waals surface area contributed by atoms with Crippen LogP contribution in [0.2, 0.25) is 0 Å². The molecular weight excluding hydrogens is 264 g/mol. The van der Waals surface area contributed by atoms with Gasteiger partial charge in [-0.25, -0.2) is 4.98 Å². The third-order valence-electron chi connectivity index (χ3n) is 3.47. The van der Waals surface area contributed by atoms with Gasteiger partial charge in [0.2, 0.25) is 5.88 Å². The van der Waals surface area contributed by atoms with E-state index in [1.807, 2.05) is 36.5 Å². The molecule has 4 heteroatoms. The molecule has 0 aliphatic rings. The van der Waals surface area contributed by atoms with E-state index in [4.69, 9.17) is 4.74 Å². The number of nitrogens with one attached hydrogen (secondary N) is 1. The van der Waals surface area contributed by atoms with Crippen LogP contribution in [-0.2, 0) is 5.11 Å². The molecule has 0 bridgehead atoms. The normalized spacial score (nSPS) is 11.0. The molecule has 0 amide bonds. The van der Waals surface area contributed by atoms with Gasteiger partial charge in [-0.3, -0.25) is 5.11 Å². The van der Waals surface area contributed by atoms with Crippen LogP contribution in [0, 0.1) is 0 Å². The molecule has 101 valence electrons. The Kier molecular flexibility index (Phi) is 2.54. The van der Waals surface area contributed by atoms with Crippen molar-refractivity contribution in [1.82, 2.24) is 9.97 Å². The number of hydrogen-bond acceptors (Lipinski definition) is 2. The number of H-pyrrole nitrogens is 1. The van der Waals surface area contributed by atoms with Crippen molar-refractivity contribution in [2.45, 2.75) is 0 Å². The van der Waals surface area contributed by atoms with E-state index in [-0.39, 0.29) is 5.75 Å². The zero-order valence-corrected chi connectivity index (χ0v) is 11.0. The molecule has 0 saturated heterocycles. The van der Waals surface area contributed by atoms with Crippen molar-refractivity contribution in [1.29, 1.82) is 0 Å². The van der Waals surface area contributed by atoms with Crippen LogP contribution in [0.4, 0.5) is 0 Å². The lowest BCUT2D eigenvalue weighted by Crippen LogP contribution is -1.89. The molecule has 0 aliphatic carbocycles. The summed E-state index contributed by atoms with van der Waals surface area (Å²) in [6, 6.07) is 14.6. The number of aromatic nitrogens is 2. The van der Waals surface area contributed by atoms with Crippen LogP contribution in [0.25, 0.3) is 21.7 Å². The molecule has 4 aromatic rings. The summed E-state index contributed by atoms with van der Waals surface area (Å²) in [6.07, 6.45) is 3.47. The summed E-state index contributed by atoms with van der Waals surface area (Å²) in [6.45, 7) is 0. The highest BCUT2D eigenvalue weighted by Gasteiger charge is 2.09. The first kappa shape index (κ1) is 11.8. The highest BCUT2D eigenvalue weighted by Crippen LogP contribution is 2.33. The van der Waals surface area contributed by atoms with Crippen LogP contribution in [-0.4, -0.2) is 9.97 Å². The number of benzene rings is 2. The van der Waals surface area contributed by atoms with Crippen molar-refractivity contribution >= 4 is 21.7 Å². The average molecular weight is 275 g/mol. The van der Waals surface area contributed by atoms with Gasteiger partial charge in [-0.1, -0.05) is 6.07 Å². The molecule has 2 aromatic carbocycles. The van der Waals surface area contributed by atoms with E-state index in [1.165, 1.54) is 6.07 Å². The van der Waals surface area contributed by atoms with E-state index in [0.29, 0.717) is 17.0 Å². The Morgan fingerprint density at radius 2 is 1.95 bits per heavy atom. The van der Waals surface area contributed by atoms with Gasteiger partial charge in [0.05, 0.1) is 0 Å². The smallest absolute Gasteiger partial charge is 0.227 e. The van der Waals surface area contributed by atoms with Gasteiger partial charge in [-0.2, -0.15) is 0 Å². The minimum atomic E-state index is -0.0270. The third kappa shape index (κ3) is 1.97. The fourth-order valence-electron chi connectivity index (χ4n) is 2.44. The highest BCUT2D eigenvalue weighted by molar-refractivity contribution is 5.91. The summed E-state index contributed by atoms with van der Waals surface area (Å²) in [5.74, 6) is 1.11. The molecule has 0 atom stereocenters.